The van der Waals surface area contributed by atoms with E-state index in [4.69, 9.17) is 17.3 Å². The maximum absolute atomic E-state index is 6.09. The van der Waals surface area contributed by atoms with E-state index in [1.54, 1.807) is 0 Å². The van der Waals surface area contributed by atoms with Crippen molar-refractivity contribution in [1.82, 2.24) is 0 Å². The predicted molar refractivity (Wildman–Crippen MR) is 71.6 cm³/mol. The molecule has 16 heavy (non-hydrogen) atoms. The summed E-state index contributed by atoms with van der Waals surface area (Å²) in [7, 11) is 0. The molecule has 1 nitrogen and oxygen atoms in total. The summed E-state index contributed by atoms with van der Waals surface area (Å²) in [6.07, 6.45) is 1.92. The standard InChI is InChI=1S/C13H12ClN.ClH/c14-11-4-8-2-1-3-9-6-12(15)7-10(5-11)13(8)9;/h1-5,12H,6-7,15H2;1H. The largest absolute Gasteiger partial charge is 0.327 e. The molecule has 0 saturated carbocycles. The number of benzene rings is 2. The first-order valence-corrected chi connectivity index (χ1v) is 5.57. The van der Waals surface area contributed by atoms with Gasteiger partial charge in [0.1, 0.15) is 0 Å². The van der Waals surface area contributed by atoms with Gasteiger partial charge < -0.3 is 5.73 Å². The number of nitrogens with two attached hydrogens (primary N) is 1. The summed E-state index contributed by atoms with van der Waals surface area (Å²) in [5.41, 5.74) is 8.69. The highest BCUT2D eigenvalue weighted by Gasteiger charge is 2.17. The van der Waals surface area contributed by atoms with Gasteiger partial charge in [0, 0.05) is 11.1 Å². The molecule has 1 unspecified atom stereocenters. The zero-order valence-electron chi connectivity index (χ0n) is 8.74. The van der Waals surface area contributed by atoms with Crippen molar-refractivity contribution in [3.63, 3.8) is 0 Å². The van der Waals surface area contributed by atoms with Gasteiger partial charge in [-0.1, -0.05) is 29.8 Å². The van der Waals surface area contributed by atoms with Crippen LogP contribution in [-0.2, 0) is 12.8 Å². The third kappa shape index (κ3) is 1.80. The second-order valence-electron chi connectivity index (χ2n) is 4.25. The minimum atomic E-state index is 0. The zero-order valence-corrected chi connectivity index (χ0v) is 10.3. The van der Waals surface area contributed by atoms with Gasteiger partial charge >= 0.3 is 0 Å². The summed E-state index contributed by atoms with van der Waals surface area (Å²) in [5, 5.41) is 3.41. The lowest BCUT2D eigenvalue weighted by atomic mass is 9.86. The Balaban J connectivity index is 0.000000963. The van der Waals surface area contributed by atoms with E-state index in [2.05, 4.69) is 18.2 Å². The second kappa shape index (κ2) is 4.25. The molecule has 84 valence electrons. The van der Waals surface area contributed by atoms with Crippen LogP contribution in [0.25, 0.3) is 10.8 Å². The third-order valence-corrected chi connectivity index (χ3v) is 3.29. The zero-order chi connectivity index (χ0) is 10.4. The molecule has 0 bridgehead atoms. The van der Waals surface area contributed by atoms with Gasteiger partial charge in [-0.3, -0.25) is 0 Å². The van der Waals surface area contributed by atoms with Crippen LogP contribution in [0, 0.1) is 0 Å². The Kier molecular flexibility index (Phi) is 3.11. The molecule has 0 saturated heterocycles. The Labute approximate surface area is 106 Å². The van der Waals surface area contributed by atoms with Crippen LogP contribution in [0.15, 0.2) is 30.3 Å². The van der Waals surface area contributed by atoms with Gasteiger partial charge in [-0.2, -0.15) is 0 Å². The van der Waals surface area contributed by atoms with Crippen molar-refractivity contribution in [3.05, 3.63) is 46.5 Å². The number of rotatable bonds is 0. The number of halogens is 2. The second-order valence-corrected chi connectivity index (χ2v) is 4.68. The first-order valence-electron chi connectivity index (χ1n) is 5.19. The van der Waals surface area contributed by atoms with Gasteiger partial charge in [-0.25, -0.2) is 0 Å². The van der Waals surface area contributed by atoms with Gasteiger partial charge in [0.25, 0.3) is 0 Å². The van der Waals surface area contributed by atoms with Crippen molar-refractivity contribution in [1.29, 1.82) is 0 Å². The van der Waals surface area contributed by atoms with Crippen molar-refractivity contribution >= 4 is 34.8 Å². The highest BCUT2D eigenvalue weighted by molar-refractivity contribution is 6.31. The van der Waals surface area contributed by atoms with E-state index in [-0.39, 0.29) is 18.4 Å². The minimum Gasteiger partial charge on any atom is -0.327 e. The van der Waals surface area contributed by atoms with Crippen LogP contribution in [0.3, 0.4) is 0 Å². The Morgan fingerprint density at radius 1 is 1.12 bits per heavy atom. The predicted octanol–water partition coefficient (Wildman–Crippen LogP) is 3.34. The molecule has 0 radical (unpaired) electrons. The molecule has 0 aromatic heterocycles. The Morgan fingerprint density at radius 3 is 2.69 bits per heavy atom. The van der Waals surface area contributed by atoms with E-state index in [0.29, 0.717) is 0 Å². The molecule has 1 atom stereocenters. The van der Waals surface area contributed by atoms with Gasteiger partial charge in [-0.15, -0.1) is 12.4 Å². The van der Waals surface area contributed by atoms with Crippen LogP contribution < -0.4 is 5.73 Å². The molecule has 0 amide bonds. The normalized spacial score (nSPS) is 18.2. The van der Waals surface area contributed by atoms with E-state index in [1.165, 1.54) is 21.9 Å². The van der Waals surface area contributed by atoms with E-state index < -0.39 is 0 Å². The fourth-order valence-corrected chi connectivity index (χ4v) is 2.78. The SMILES string of the molecule is Cl.NC1Cc2cccc3cc(Cl)cc(c23)C1. The first kappa shape index (κ1) is 11.7. The van der Waals surface area contributed by atoms with Crippen molar-refractivity contribution < 1.29 is 0 Å². The Bertz CT molecular complexity index is 537. The topological polar surface area (TPSA) is 26.0 Å². The third-order valence-electron chi connectivity index (χ3n) is 3.07. The highest BCUT2D eigenvalue weighted by Crippen LogP contribution is 2.31. The van der Waals surface area contributed by atoms with Gasteiger partial charge in [0.2, 0.25) is 0 Å². The minimum absolute atomic E-state index is 0. The summed E-state index contributed by atoms with van der Waals surface area (Å²) >= 11 is 6.09. The van der Waals surface area contributed by atoms with E-state index in [1.807, 2.05) is 12.1 Å². The van der Waals surface area contributed by atoms with Crippen LogP contribution in [0.1, 0.15) is 11.1 Å². The molecule has 0 spiro atoms. The van der Waals surface area contributed by atoms with E-state index in [0.717, 1.165) is 17.9 Å². The van der Waals surface area contributed by atoms with Crippen LogP contribution in [0.5, 0.6) is 0 Å². The monoisotopic (exact) mass is 253 g/mol. The average molecular weight is 254 g/mol. The lowest BCUT2D eigenvalue weighted by Gasteiger charge is -2.22. The fraction of sp³-hybridized carbons (Fsp3) is 0.231. The number of hydrogen-bond donors (Lipinski definition) is 1. The van der Waals surface area contributed by atoms with Gasteiger partial charge in [-0.05, 0) is 46.9 Å². The summed E-state index contributed by atoms with van der Waals surface area (Å²) in [4.78, 5) is 0. The molecule has 3 heteroatoms. The maximum Gasteiger partial charge on any atom is 0.0415 e. The van der Waals surface area contributed by atoms with Crippen LogP contribution >= 0.6 is 24.0 Å². The Morgan fingerprint density at radius 2 is 1.88 bits per heavy atom. The summed E-state index contributed by atoms with van der Waals surface area (Å²) < 4.78 is 0. The van der Waals surface area contributed by atoms with Crippen molar-refractivity contribution in [2.45, 2.75) is 18.9 Å². The summed E-state index contributed by atoms with van der Waals surface area (Å²) in [6, 6.07) is 10.7. The molecule has 0 fully saturated rings. The van der Waals surface area contributed by atoms with Crippen molar-refractivity contribution in [3.8, 4) is 0 Å². The Hall–Kier alpha value is -0.760. The summed E-state index contributed by atoms with van der Waals surface area (Å²) in [5.74, 6) is 0. The molecule has 2 aromatic rings. The molecule has 0 aliphatic heterocycles. The lowest BCUT2D eigenvalue weighted by Crippen LogP contribution is -2.28. The quantitative estimate of drug-likeness (QED) is 0.766. The number of hydrogen-bond acceptors (Lipinski definition) is 1. The van der Waals surface area contributed by atoms with E-state index >= 15 is 0 Å². The summed E-state index contributed by atoms with van der Waals surface area (Å²) in [6.45, 7) is 0. The van der Waals surface area contributed by atoms with Gasteiger partial charge in [0.05, 0.1) is 0 Å². The first-order chi connectivity index (χ1) is 7.24. The molecule has 0 heterocycles. The fourth-order valence-electron chi connectivity index (χ4n) is 2.53. The molecular weight excluding hydrogens is 241 g/mol. The van der Waals surface area contributed by atoms with Crippen molar-refractivity contribution in [2.24, 2.45) is 5.73 Å². The average Bonchev–Trinajstić information content (AvgIpc) is 2.16. The molecule has 3 rings (SSSR count). The maximum atomic E-state index is 6.09. The van der Waals surface area contributed by atoms with E-state index in [9.17, 15) is 0 Å². The molecule has 1 aliphatic rings. The molecule has 1 aliphatic carbocycles. The highest BCUT2D eigenvalue weighted by atomic mass is 35.5. The lowest BCUT2D eigenvalue weighted by molar-refractivity contribution is 0.656. The molecule has 2 N–H and O–H groups in total. The van der Waals surface area contributed by atoms with Crippen LogP contribution in [-0.4, -0.2) is 6.04 Å². The van der Waals surface area contributed by atoms with Crippen molar-refractivity contribution in [2.75, 3.05) is 0 Å². The van der Waals surface area contributed by atoms with Gasteiger partial charge in [0.15, 0.2) is 0 Å². The van der Waals surface area contributed by atoms with Crippen LogP contribution in [0.4, 0.5) is 0 Å². The smallest absolute Gasteiger partial charge is 0.0415 e. The molecule has 2 aromatic carbocycles. The van der Waals surface area contributed by atoms with Crippen LogP contribution in [0.2, 0.25) is 5.02 Å². The molecular formula is C13H13Cl2N.